The minimum absolute atomic E-state index is 0.792. The van der Waals surface area contributed by atoms with Crippen molar-refractivity contribution in [2.45, 2.75) is 0 Å². The summed E-state index contributed by atoms with van der Waals surface area (Å²) >= 11 is 2.28. The van der Waals surface area contributed by atoms with Crippen LogP contribution in [0.25, 0.3) is 10.8 Å². The predicted molar refractivity (Wildman–Crippen MR) is 58.9 cm³/mol. The largest absolute Gasteiger partial charge is 0.399 e. The molecule has 0 amide bonds. The minimum Gasteiger partial charge on any atom is -0.399 e. The number of benzene rings is 1. The topological polar surface area (TPSA) is 38.9 Å². The highest BCUT2D eigenvalue weighted by atomic mass is 127. The number of rotatable bonds is 0. The van der Waals surface area contributed by atoms with Crippen molar-refractivity contribution < 1.29 is 0 Å². The number of hydrogen-bond acceptors (Lipinski definition) is 2. The lowest BCUT2D eigenvalue weighted by Gasteiger charge is -2.00. The van der Waals surface area contributed by atoms with Gasteiger partial charge in [0.2, 0.25) is 0 Å². The molecule has 2 aromatic rings. The Bertz CT molecular complexity index is 426. The number of aromatic nitrogens is 1. The first-order valence-electron chi connectivity index (χ1n) is 3.56. The van der Waals surface area contributed by atoms with Gasteiger partial charge in [-0.1, -0.05) is 0 Å². The van der Waals surface area contributed by atoms with Gasteiger partial charge in [-0.3, -0.25) is 4.98 Å². The number of pyridine rings is 1. The number of halogens is 1. The van der Waals surface area contributed by atoms with Crippen LogP contribution in [0.15, 0.2) is 30.6 Å². The second kappa shape index (κ2) is 2.90. The zero-order valence-electron chi connectivity index (χ0n) is 6.29. The fraction of sp³-hybridized carbons (Fsp3) is 0. The van der Waals surface area contributed by atoms with Crippen LogP contribution in [0.4, 0.5) is 5.69 Å². The molecule has 1 heterocycles. The van der Waals surface area contributed by atoms with Crippen molar-refractivity contribution in [2.24, 2.45) is 0 Å². The van der Waals surface area contributed by atoms with E-state index in [0.29, 0.717) is 0 Å². The quantitative estimate of drug-likeness (QED) is 0.589. The molecule has 0 aliphatic carbocycles. The summed E-state index contributed by atoms with van der Waals surface area (Å²) < 4.78 is 1.17. The molecule has 0 aliphatic heterocycles. The average molecular weight is 270 g/mol. The van der Waals surface area contributed by atoms with Crippen LogP contribution in [0.1, 0.15) is 0 Å². The van der Waals surface area contributed by atoms with E-state index in [4.69, 9.17) is 5.73 Å². The van der Waals surface area contributed by atoms with E-state index < -0.39 is 0 Å². The molecule has 0 bridgehead atoms. The van der Waals surface area contributed by atoms with Crippen LogP contribution in [0, 0.1) is 3.57 Å². The van der Waals surface area contributed by atoms with Crippen LogP contribution in [0.5, 0.6) is 0 Å². The first-order valence-corrected chi connectivity index (χ1v) is 4.64. The highest BCUT2D eigenvalue weighted by Gasteiger charge is 1.98. The number of nitrogens with zero attached hydrogens (tertiary/aromatic N) is 1. The molecule has 0 unspecified atom stereocenters. The van der Waals surface area contributed by atoms with Gasteiger partial charge in [-0.05, 0) is 46.2 Å². The van der Waals surface area contributed by atoms with Gasteiger partial charge < -0.3 is 5.73 Å². The van der Waals surface area contributed by atoms with Crippen LogP contribution in [-0.4, -0.2) is 4.98 Å². The Morgan fingerprint density at radius 2 is 2.17 bits per heavy atom. The molecular weight excluding hydrogens is 263 g/mol. The molecule has 1 aromatic heterocycles. The van der Waals surface area contributed by atoms with E-state index in [1.54, 1.807) is 6.20 Å². The molecule has 0 spiro atoms. The Kier molecular flexibility index (Phi) is 1.88. The third-order valence-corrected chi connectivity index (χ3v) is 2.62. The van der Waals surface area contributed by atoms with Crippen LogP contribution >= 0.6 is 22.6 Å². The molecule has 0 atom stereocenters. The number of anilines is 1. The molecule has 2 nitrogen and oxygen atoms in total. The van der Waals surface area contributed by atoms with Crippen molar-refractivity contribution in [3.05, 3.63) is 34.2 Å². The first-order chi connectivity index (χ1) is 5.77. The van der Waals surface area contributed by atoms with Crippen molar-refractivity contribution in [1.29, 1.82) is 0 Å². The summed E-state index contributed by atoms with van der Waals surface area (Å²) in [6, 6.07) is 5.89. The molecule has 0 saturated heterocycles. The van der Waals surface area contributed by atoms with Crippen molar-refractivity contribution in [3.8, 4) is 0 Å². The summed E-state index contributed by atoms with van der Waals surface area (Å²) in [4.78, 5) is 4.04. The maximum atomic E-state index is 5.69. The lowest BCUT2D eigenvalue weighted by Crippen LogP contribution is -1.87. The van der Waals surface area contributed by atoms with Crippen molar-refractivity contribution in [1.82, 2.24) is 4.98 Å². The van der Waals surface area contributed by atoms with Crippen LogP contribution in [0.3, 0.4) is 0 Å². The van der Waals surface area contributed by atoms with Gasteiger partial charge in [0, 0.05) is 27.0 Å². The van der Waals surface area contributed by atoms with Gasteiger partial charge in [0.25, 0.3) is 0 Å². The summed E-state index contributed by atoms with van der Waals surface area (Å²) in [6.07, 6.45) is 3.62. The number of fused-ring (bicyclic) bond motifs is 1. The van der Waals surface area contributed by atoms with Gasteiger partial charge in [0.15, 0.2) is 0 Å². The highest BCUT2D eigenvalue weighted by molar-refractivity contribution is 14.1. The van der Waals surface area contributed by atoms with Crippen LogP contribution in [0.2, 0.25) is 0 Å². The Morgan fingerprint density at radius 1 is 1.33 bits per heavy atom. The summed E-state index contributed by atoms with van der Waals surface area (Å²) in [5, 5.41) is 2.31. The molecular formula is C9H7IN2. The Balaban J connectivity index is 2.89. The minimum atomic E-state index is 0.792. The maximum Gasteiger partial charge on any atom is 0.0347 e. The number of hydrogen-bond donors (Lipinski definition) is 1. The SMILES string of the molecule is Nc1cc(I)c2ccncc2c1. The molecule has 1 aromatic carbocycles. The van der Waals surface area contributed by atoms with E-state index in [-0.39, 0.29) is 0 Å². The van der Waals surface area contributed by atoms with E-state index in [2.05, 4.69) is 27.6 Å². The van der Waals surface area contributed by atoms with Gasteiger partial charge in [0.05, 0.1) is 0 Å². The predicted octanol–water partition coefficient (Wildman–Crippen LogP) is 2.42. The monoisotopic (exact) mass is 270 g/mol. The average Bonchev–Trinajstić information content (AvgIpc) is 2.04. The second-order valence-electron chi connectivity index (χ2n) is 2.60. The molecule has 12 heavy (non-hydrogen) atoms. The molecule has 0 saturated carbocycles. The van der Waals surface area contributed by atoms with Crippen molar-refractivity contribution in [3.63, 3.8) is 0 Å². The van der Waals surface area contributed by atoms with E-state index in [1.165, 1.54) is 8.96 Å². The normalized spacial score (nSPS) is 10.4. The van der Waals surface area contributed by atoms with Gasteiger partial charge in [-0.15, -0.1) is 0 Å². The van der Waals surface area contributed by atoms with Crippen LogP contribution in [-0.2, 0) is 0 Å². The lowest BCUT2D eigenvalue weighted by molar-refractivity contribution is 1.36. The highest BCUT2D eigenvalue weighted by Crippen LogP contribution is 2.22. The van der Waals surface area contributed by atoms with E-state index >= 15 is 0 Å². The smallest absolute Gasteiger partial charge is 0.0347 e. The number of nitrogen functional groups attached to an aromatic ring is 1. The van der Waals surface area contributed by atoms with E-state index in [9.17, 15) is 0 Å². The summed E-state index contributed by atoms with van der Waals surface area (Å²) in [7, 11) is 0. The molecule has 0 aliphatic rings. The van der Waals surface area contributed by atoms with Gasteiger partial charge >= 0.3 is 0 Å². The lowest BCUT2D eigenvalue weighted by atomic mass is 10.2. The molecule has 2 rings (SSSR count). The summed E-state index contributed by atoms with van der Waals surface area (Å²) in [5.74, 6) is 0. The van der Waals surface area contributed by atoms with Gasteiger partial charge in [0.1, 0.15) is 0 Å². The molecule has 3 heteroatoms. The Labute approximate surface area is 83.9 Å². The second-order valence-corrected chi connectivity index (χ2v) is 3.76. The van der Waals surface area contributed by atoms with Gasteiger partial charge in [-0.25, -0.2) is 0 Å². The fourth-order valence-electron chi connectivity index (χ4n) is 1.18. The summed E-state index contributed by atoms with van der Waals surface area (Å²) in [5.41, 5.74) is 6.48. The maximum absolute atomic E-state index is 5.69. The van der Waals surface area contributed by atoms with E-state index in [0.717, 1.165) is 11.1 Å². The molecule has 0 fully saturated rings. The van der Waals surface area contributed by atoms with Crippen molar-refractivity contribution >= 4 is 39.1 Å². The van der Waals surface area contributed by atoms with Gasteiger partial charge in [-0.2, -0.15) is 0 Å². The van der Waals surface area contributed by atoms with Crippen LogP contribution < -0.4 is 5.73 Å². The standard InChI is InChI=1S/C9H7IN2/c10-9-4-7(11)3-6-5-12-2-1-8(6)9/h1-5H,11H2. The number of nitrogens with two attached hydrogens (primary N) is 1. The Morgan fingerprint density at radius 3 is 3.00 bits per heavy atom. The summed E-state index contributed by atoms with van der Waals surface area (Å²) in [6.45, 7) is 0. The molecule has 60 valence electrons. The Hall–Kier alpha value is -0.840. The third kappa shape index (κ3) is 1.24. The zero-order valence-corrected chi connectivity index (χ0v) is 8.45. The van der Waals surface area contributed by atoms with Crippen molar-refractivity contribution in [2.75, 3.05) is 5.73 Å². The fourth-order valence-corrected chi connectivity index (χ4v) is 2.04. The van der Waals surface area contributed by atoms with E-state index in [1.807, 2.05) is 24.4 Å². The molecule has 2 N–H and O–H groups in total. The zero-order chi connectivity index (χ0) is 8.55. The molecule has 0 radical (unpaired) electrons. The first kappa shape index (κ1) is 7.79. The third-order valence-electron chi connectivity index (χ3n) is 1.72.